The first-order valence-corrected chi connectivity index (χ1v) is 10.7. The third-order valence-corrected chi connectivity index (χ3v) is 6.21. The molecule has 1 unspecified atom stereocenters. The van der Waals surface area contributed by atoms with E-state index in [4.69, 9.17) is 4.74 Å². The number of aryl methyl sites for hydroxylation is 1. The number of methoxy groups -OCH3 is 1. The number of hydrogen-bond acceptors (Lipinski definition) is 4. The summed E-state index contributed by atoms with van der Waals surface area (Å²) in [5, 5.41) is 0. The third kappa shape index (κ3) is 4.98. The molecule has 0 heterocycles. The monoisotopic (exact) mass is 463 g/mol. The Morgan fingerprint density at radius 1 is 1.11 bits per heavy atom. The van der Waals surface area contributed by atoms with Crippen molar-refractivity contribution in [2.24, 2.45) is 0 Å². The molecule has 1 atom stereocenters. The summed E-state index contributed by atoms with van der Waals surface area (Å²) < 4.78 is 33.4. The first-order valence-electron chi connectivity index (χ1n) is 8.42. The first-order chi connectivity index (χ1) is 13.2. The van der Waals surface area contributed by atoms with Gasteiger partial charge in [0.1, 0.15) is 0 Å². The van der Waals surface area contributed by atoms with Crippen molar-refractivity contribution in [3.8, 4) is 0 Å². The molecule has 2 rings (SSSR count). The van der Waals surface area contributed by atoms with Crippen molar-refractivity contribution in [1.29, 1.82) is 0 Å². The normalized spacial score (nSPS) is 12.4. The van der Waals surface area contributed by atoms with E-state index < -0.39 is 22.0 Å². The maximum atomic E-state index is 13.5. The van der Waals surface area contributed by atoms with Crippen LogP contribution in [0, 0.1) is 6.92 Å². The molecule has 0 aromatic heterocycles. The zero-order valence-electron chi connectivity index (χ0n) is 15.8. The van der Waals surface area contributed by atoms with Crippen LogP contribution in [-0.2, 0) is 19.6 Å². The summed E-state index contributed by atoms with van der Waals surface area (Å²) in [6.45, 7) is 9.43. The second-order valence-corrected chi connectivity index (χ2v) is 9.22. The lowest BCUT2D eigenvalue weighted by Gasteiger charge is -2.31. The van der Waals surface area contributed by atoms with Crippen LogP contribution in [0.25, 0.3) is 0 Å². The zero-order valence-corrected chi connectivity index (χ0v) is 18.2. The average molecular weight is 464 g/mol. The minimum atomic E-state index is -3.97. The SMILES string of the molecule is C=C(Br)CN(C(C(=C)C(=O)OC)c1ccccc1)S(=O)(=O)c1ccc(C)cc1. The second-order valence-electron chi connectivity index (χ2n) is 6.21. The van der Waals surface area contributed by atoms with Gasteiger partial charge < -0.3 is 4.74 Å². The summed E-state index contributed by atoms with van der Waals surface area (Å²) >= 11 is 3.25. The molecule has 0 saturated heterocycles. The Kier molecular flexibility index (Phi) is 7.35. The fourth-order valence-electron chi connectivity index (χ4n) is 2.75. The molecule has 0 aliphatic carbocycles. The smallest absolute Gasteiger partial charge is 0.335 e. The van der Waals surface area contributed by atoms with Crippen molar-refractivity contribution in [3.05, 3.63) is 88.9 Å². The number of esters is 1. The number of sulfonamides is 1. The minimum Gasteiger partial charge on any atom is -0.466 e. The van der Waals surface area contributed by atoms with E-state index in [0.29, 0.717) is 10.0 Å². The third-order valence-electron chi connectivity index (χ3n) is 4.14. The molecular weight excluding hydrogens is 442 g/mol. The van der Waals surface area contributed by atoms with Gasteiger partial charge in [-0.15, -0.1) is 0 Å². The molecule has 0 fully saturated rings. The van der Waals surface area contributed by atoms with E-state index in [1.807, 2.05) is 13.0 Å². The molecule has 0 aliphatic rings. The van der Waals surface area contributed by atoms with Crippen molar-refractivity contribution in [2.75, 3.05) is 13.7 Å². The molecule has 28 heavy (non-hydrogen) atoms. The van der Waals surface area contributed by atoms with Gasteiger partial charge in [-0.1, -0.05) is 77.1 Å². The van der Waals surface area contributed by atoms with E-state index in [-0.39, 0.29) is 17.0 Å². The Balaban J connectivity index is 2.67. The predicted octanol–water partition coefficient (Wildman–Crippen LogP) is 4.36. The number of halogens is 1. The molecule has 0 radical (unpaired) electrons. The van der Waals surface area contributed by atoms with Crippen molar-refractivity contribution >= 4 is 31.9 Å². The fourth-order valence-corrected chi connectivity index (χ4v) is 4.79. The van der Waals surface area contributed by atoms with Crippen LogP contribution in [0.4, 0.5) is 0 Å². The number of hydrogen-bond donors (Lipinski definition) is 0. The zero-order chi connectivity index (χ0) is 20.9. The molecule has 0 amide bonds. The van der Waals surface area contributed by atoms with Crippen LogP contribution >= 0.6 is 15.9 Å². The van der Waals surface area contributed by atoms with Crippen LogP contribution in [0.1, 0.15) is 17.2 Å². The number of benzene rings is 2. The van der Waals surface area contributed by atoms with Crippen molar-refractivity contribution in [2.45, 2.75) is 17.9 Å². The van der Waals surface area contributed by atoms with Crippen molar-refractivity contribution in [3.63, 3.8) is 0 Å². The molecule has 2 aromatic rings. The first kappa shape index (κ1) is 22.1. The van der Waals surface area contributed by atoms with Gasteiger partial charge in [-0.05, 0) is 24.6 Å². The lowest BCUT2D eigenvalue weighted by atomic mass is 10.00. The lowest BCUT2D eigenvalue weighted by Crippen LogP contribution is -2.38. The molecule has 148 valence electrons. The highest BCUT2D eigenvalue weighted by Gasteiger charge is 2.36. The van der Waals surface area contributed by atoms with Gasteiger partial charge in [-0.2, -0.15) is 4.31 Å². The number of carbonyl (C=O) groups is 1. The summed E-state index contributed by atoms with van der Waals surface area (Å²) in [5.74, 6) is -0.682. The van der Waals surface area contributed by atoms with Crippen LogP contribution in [0.3, 0.4) is 0 Å². The van der Waals surface area contributed by atoms with Crippen molar-refractivity contribution < 1.29 is 17.9 Å². The summed E-state index contributed by atoms with van der Waals surface area (Å²) in [7, 11) is -2.74. The number of carbonyl (C=O) groups excluding carboxylic acids is 1. The predicted molar refractivity (Wildman–Crippen MR) is 113 cm³/mol. The van der Waals surface area contributed by atoms with E-state index in [9.17, 15) is 13.2 Å². The van der Waals surface area contributed by atoms with Crippen LogP contribution in [0.15, 0.2) is 82.7 Å². The molecule has 0 spiro atoms. The highest BCUT2D eigenvalue weighted by molar-refractivity contribution is 9.11. The quantitative estimate of drug-likeness (QED) is 0.430. The molecule has 0 bridgehead atoms. The number of rotatable bonds is 8. The largest absolute Gasteiger partial charge is 0.466 e. The molecule has 0 N–H and O–H groups in total. The number of nitrogens with zero attached hydrogens (tertiary/aromatic N) is 1. The highest BCUT2D eigenvalue weighted by Crippen LogP contribution is 2.34. The van der Waals surface area contributed by atoms with Crippen LogP contribution in [0.5, 0.6) is 0 Å². The standard InChI is InChI=1S/C21H22BrNO4S/c1-15-10-12-19(13-11-15)28(25,26)23(14-16(2)22)20(17(3)21(24)27-4)18-8-6-5-7-9-18/h5-13,20H,2-3,14H2,1,4H3. The Hall–Kier alpha value is -2.22. The van der Waals surface area contributed by atoms with E-state index in [2.05, 4.69) is 29.1 Å². The highest BCUT2D eigenvalue weighted by atomic mass is 79.9. The Bertz CT molecular complexity index is 969. The van der Waals surface area contributed by atoms with E-state index in [1.165, 1.54) is 23.5 Å². The summed E-state index contributed by atoms with van der Waals surface area (Å²) in [4.78, 5) is 12.4. The Morgan fingerprint density at radius 3 is 2.18 bits per heavy atom. The lowest BCUT2D eigenvalue weighted by molar-refractivity contribution is -0.136. The van der Waals surface area contributed by atoms with Gasteiger partial charge in [0, 0.05) is 11.0 Å². The van der Waals surface area contributed by atoms with Crippen LogP contribution in [-0.4, -0.2) is 32.3 Å². The van der Waals surface area contributed by atoms with E-state index >= 15 is 0 Å². The molecule has 5 nitrogen and oxygen atoms in total. The molecule has 7 heteroatoms. The van der Waals surface area contributed by atoms with Gasteiger partial charge in [0.05, 0.1) is 23.6 Å². The molecule has 0 saturated carbocycles. The van der Waals surface area contributed by atoms with E-state index in [1.54, 1.807) is 36.4 Å². The van der Waals surface area contributed by atoms with Gasteiger partial charge in [-0.25, -0.2) is 13.2 Å². The van der Waals surface area contributed by atoms with Crippen LogP contribution < -0.4 is 0 Å². The van der Waals surface area contributed by atoms with Crippen molar-refractivity contribution in [1.82, 2.24) is 4.31 Å². The van der Waals surface area contributed by atoms with Gasteiger partial charge >= 0.3 is 5.97 Å². The minimum absolute atomic E-state index is 0.0122. The topological polar surface area (TPSA) is 63.7 Å². The second kappa shape index (κ2) is 9.32. The van der Waals surface area contributed by atoms with Gasteiger partial charge in [-0.3, -0.25) is 0 Å². The number of ether oxygens (including phenoxy) is 1. The summed E-state index contributed by atoms with van der Waals surface area (Å²) in [5.41, 5.74) is 1.55. The summed E-state index contributed by atoms with van der Waals surface area (Å²) in [6.07, 6.45) is 0. The van der Waals surface area contributed by atoms with Gasteiger partial charge in [0.2, 0.25) is 10.0 Å². The fraction of sp³-hybridized carbons (Fsp3) is 0.190. The molecular formula is C21H22BrNO4S. The van der Waals surface area contributed by atoms with E-state index in [0.717, 1.165) is 5.56 Å². The maximum Gasteiger partial charge on any atom is 0.335 e. The Morgan fingerprint density at radius 2 is 1.68 bits per heavy atom. The Labute approximate surface area is 174 Å². The van der Waals surface area contributed by atoms with Gasteiger partial charge in [0.15, 0.2) is 0 Å². The summed E-state index contributed by atoms with van der Waals surface area (Å²) in [6, 6.07) is 14.4. The molecule has 0 aliphatic heterocycles. The van der Waals surface area contributed by atoms with Gasteiger partial charge in [0.25, 0.3) is 0 Å². The molecule has 2 aromatic carbocycles. The maximum absolute atomic E-state index is 13.5. The van der Waals surface area contributed by atoms with Crippen LogP contribution in [0.2, 0.25) is 0 Å². The average Bonchev–Trinajstić information content (AvgIpc) is 2.67.